The average Bonchev–Trinajstić information content (AvgIpc) is 3.29. The Balaban J connectivity index is 1.54. The molecule has 2 aromatic heterocycles. The monoisotopic (exact) mass is 567 g/mol. The van der Waals surface area contributed by atoms with Crippen molar-refractivity contribution in [3.63, 3.8) is 0 Å². The van der Waals surface area contributed by atoms with Crippen LogP contribution >= 0.6 is 11.6 Å². The summed E-state index contributed by atoms with van der Waals surface area (Å²) in [4.78, 5) is 40.7. The number of aliphatic hydroxyl groups excluding tert-OH is 1. The number of ether oxygens (including phenoxy) is 1. The van der Waals surface area contributed by atoms with Gasteiger partial charge in [-0.15, -0.1) is 11.7 Å². The minimum absolute atomic E-state index is 0.0953. The highest BCUT2D eigenvalue weighted by molar-refractivity contribution is 6.29. The van der Waals surface area contributed by atoms with Gasteiger partial charge in [-0.2, -0.15) is 5.10 Å². The van der Waals surface area contributed by atoms with E-state index in [1.54, 1.807) is 30.5 Å². The number of aromatic nitrogens is 3. The highest BCUT2D eigenvalue weighted by Gasteiger charge is 2.68. The molecule has 0 aromatic carbocycles. The third-order valence-electron chi connectivity index (χ3n) is 10.8. The molecule has 8 nitrogen and oxygen atoms in total. The van der Waals surface area contributed by atoms with Crippen LogP contribution in [-0.4, -0.2) is 43.8 Å². The number of Topliss-reactive ketones (excluding diaryl/α,β-unsaturated/α-hetero) is 1. The highest BCUT2D eigenvalue weighted by Crippen LogP contribution is 2.68. The summed E-state index contributed by atoms with van der Waals surface area (Å²) in [5.74, 6) is -0.916. The van der Waals surface area contributed by atoms with Crippen molar-refractivity contribution in [3.8, 4) is 0 Å². The Labute approximate surface area is 239 Å². The van der Waals surface area contributed by atoms with Crippen LogP contribution in [0.15, 0.2) is 47.9 Å². The lowest BCUT2D eigenvalue weighted by molar-refractivity contribution is -0.192. The Morgan fingerprint density at radius 2 is 1.98 bits per heavy atom. The zero-order chi connectivity index (χ0) is 29.0. The first-order valence-electron chi connectivity index (χ1n) is 14.1. The van der Waals surface area contributed by atoms with Crippen molar-refractivity contribution in [1.82, 2.24) is 14.8 Å². The Hall–Kier alpha value is -2.84. The zero-order valence-corrected chi connectivity index (χ0v) is 24.4. The van der Waals surface area contributed by atoms with Gasteiger partial charge in [-0.05, 0) is 67.2 Å². The number of esters is 1. The van der Waals surface area contributed by atoms with Gasteiger partial charge in [0.2, 0.25) is 0 Å². The topological polar surface area (TPSA) is 111 Å². The molecule has 5 rings (SSSR count). The maximum Gasteiger partial charge on any atom is 0.344 e. The number of rotatable bonds is 5. The second-order valence-corrected chi connectivity index (χ2v) is 13.1. The second kappa shape index (κ2) is 10.2. The number of carbonyl (C=O) groups excluding carboxylic acids is 2. The van der Waals surface area contributed by atoms with Gasteiger partial charge in [-0.1, -0.05) is 45.4 Å². The highest BCUT2D eigenvalue weighted by atomic mass is 35.5. The minimum Gasteiger partial charge on any atom is -0.458 e. The number of hydrogen-bond donors (Lipinski definition) is 1. The number of ketones is 1. The summed E-state index contributed by atoms with van der Waals surface area (Å²) in [6.07, 6.45) is 5.08. The molecule has 0 radical (unpaired) electrons. The Bertz CT molecular complexity index is 1390. The summed E-state index contributed by atoms with van der Waals surface area (Å²) in [5, 5.41) is 19.8. The smallest absolute Gasteiger partial charge is 0.344 e. The van der Waals surface area contributed by atoms with Crippen molar-refractivity contribution >= 4 is 23.4 Å². The van der Waals surface area contributed by atoms with Crippen molar-refractivity contribution in [2.24, 2.45) is 34.0 Å². The van der Waals surface area contributed by atoms with E-state index in [0.717, 1.165) is 19.3 Å². The fraction of sp³-hybridized carbons (Fsp3) is 0.581. The van der Waals surface area contributed by atoms with Crippen LogP contribution in [0.5, 0.6) is 0 Å². The fourth-order valence-electron chi connectivity index (χ4n) is 8.11. The fourth-order valence-corrected chi connectivity index (χ4v) is 8.21. The Kier molecular flexibility index (Phi) is 7.32. The SMILES string of the molecule is C=C[C@]1(C)C[C@@H](OC(=O)c2cccn(Cc3ccc(Cl)nn3)c2=O)[C@@]2(C)C3C(=O)CCC3(CC[C@H]2C)[C@@H](C)[C@@H]1O. The van der Waals surface area contributed by atoms with E-state index in [2.05, 4.69) is 37.5 Å². The van der Waals surface area contributed by atoms with Crippen molar-refractivity contribution in [2.45, 2.75) is 78.6 Å². The van der Waals surface area contributed by atoms with Crippen molar-refractivity contribution < 1.29 is 19.4 Å². The van der Waals surface area contributed by atoms with Crippen LogP contribution in [0.1, 0.15) is 75.9 Å². The van der Waals surface area contributed by atoms with E-state index in [9.17, 15) is 19.5 Å². The lowest BCUT2D eigenvalue weighted by Gasteiger charge is -2.61. The summed E-state index contributed by atoms with van der Waals surface area (Å²) in [7, 11) is 0. The van der Waals surface area contributed by atoms with E-state index in [1.807, 2.05) is 6.92 Å². The maximum absolute atomic E-state index is 13.8. The van der Waals surface area contributed by atoms with Crippen LogP contribution < -0.4 is 5.56 Å². The summed E-state index contributed by atoms with van der Waals surface area (Å²) in [5.41, 5.74) is -1.88. The summed E-state index contributed by atoms with van der Waals surface area (Å²) in [6.45, 7) is 12.4. The van der Waals surface area contributed by atoms with Gasteiger partial charge in [-0.3, -0.25) is 9.59 Å². The Morgan fingerprint density at radius 3 is 2.65 bits per heavy atom. The first-order valence-corrected chi connectivity index (χ1v) is 14.5. The molecule has 2 unspecified atom stereocenters. The van der Waals surface area contributed by atoms with Gasteiger partial charge < -0.3 is 14.4 Å². The van der Waals surface area contributed by atoms with Gasteiger partial charge in [0.15, 0.2) is 5.15 Å². The molecule has 8 atom stereocenters. The largest absolute Gasteiger partial charge is 0.458 e. The van der Waals surface area contributed by atoms with Gasteiger partial charge in [-0.25, -0.2) is 4.79 Å². The summed E-state index contributed by atoms with van der Waals surface area (Å²) in [6, 6.07) is 6.33. The molecule has 0 aliphatic heterocycles. The van der Waals surface area contributed by atoms with Crippen LogP contribution in [0, 0.1) is 34.0 Å². The van der Waals surface area contributed by atoms with Crippen molar-refractivity contribution in [1.29, 1.82) is 0 Å². The lowest BCUT2D eigenvalue weighted by atomic mass is 9.44. The van der Waals surface area contributed by atoms with Crippen LogP contribution in [-0.2, 0) is 16.1 Å². The molecule has 3 saturated carbocycles. The van der Waals surface area contributed by atoms with E-state index < -0.39 is 34.6 Å². The van der Waals surface area contributed by atoms with Crippen molar-refractivity contribution in [3.05, 3.63) is 69.9 Å². The van der Waals surface area contributed by atoms with E-state index in [-0.39, 0.29) is 46.2 Å². The van der Waals surface area contributed by atoms with Crippen LogP contribution in [0.3, 0.4) is 0 Å². The molecule has 40 heavy (non-hydrogen) atoms. The molecule has 2 bridgehead atoms. The number of pyridine rings is 1. The third kappa shape index (κ3) is 4.35. The van der Waals surface area contributed by atoms with Crippen LogP contribution in [0.25, 0.3) is 0 Å². The summed E-state index contributed by atoms with van der Waals surface area (Å²) < 4.78 is 7.68. The molecule has 0 amide bonds. The van der Waals surface area contributed by atoms with Gasteiger partial charge in [0, 0.05) is 29.4 Å². The first-order chi connectivity index (χ1) is 18.9. The number of halogens is 1. The van der Waals surface area contributed by atoms with E-state index in [0.29, 0.717) is 18.5 Å². The van der Waals surface area contributed by atoms with E-state index >= 15 is 0 Å². The molecule has 3 aliphatic rings. The lowest BCUT2D eigenvalue weighted by Crippen LogP contribution is -2.63. The van der Waals surface area contributed by atoms with Crippen LogP contribution in [0.4, 0.5) is 0 Å². The molecule has 1 N–H and O–H groups in total. The second-order valence-electron chi connectivity index (χ2n) is 12.7. The third-order valence-corrected chi connectivity index (χ3v) is 11.0. The number of aliphatic hydroxyl groups is 1. The standard InChI is InChI=1S/C31H38ClN3O5/c1-6-29(4)16-23(30(5)18(2)11-13-31(19(3)26(29)37)14-12-22(36)25(30)31)40-28(39)21-8-7-15-35(27(21)38)17-20-9-10-24(32)34-33-20/h6-10,15,18-19,23,25-26,37H,1,11-14,16-17H2,2-5H3/t18-,19+,23-,25?,26+,29-,30+,31?/m1/s1. The predicted octanol–water partition coefficient (Wildman–Crippen LogP) is 4.86. The van der Waals surface area contributed by atoms with Gasteiger partial charge >= 0.3 is 5.97 Å². The molecule has 0 spiro atoms. The van der Waals surface area contributed by atoms with Gasteiger partial charge in [0.25, 0.3) is 5.56 Å². The molecular formula is C31H38ClN3O5. The Morgan fingerprint density at radius 1 is 1.23 bits per heavy atom. The van der Waals surface area contributed by atoms with Crippen LogP contribution in [0.2, 0.25) is 5.15 Å². The molecular weight excluding hydrogens is 530 g/mol. The number of nitrogens with zero attached hydrogens (tertiary/aromatic N) is 3. The average molecular weight is 568 g/mol. The molecule has 3 fully saturated rings. The van der Waals surface area contributed by atoms with Crippen molar-refractivity contribution in [2.75, 3.05) is 0 Å². The summed E-state index contributed by atoms with van der Waals surface area (Å²) >= 11 is 5.83. The van der Waals surface area contributed by atoms with E-state index in [4.69, 9.17) is 16.3 Å². The molecule has 214 valence electrons. The van der Waals surface area contributed by atoms with Gasteiger partial charge in [0.1, 0.15) is 17.5 Å². The van der Waals surface area contributed by atoms with Gasteiger partial charge in [0.05, 0.1) is 18.3 Å². The molecule has 3 aliphatic carbocycles. The predicted molar refractivity (Wildman–Crippen MR) is 151 cm³/mol. The normalized spacial score (nSPS) is 37.2. The minimum atomic E-state index is -0.757. The number of carbonyl (C=O) groups is 2. The maximum atomic E-state index is 13.8. The molecule has 9 heteroatoms. The number of hydrogen-bond acceptors (Lipinski definition) is 7. The quantitative estimate of drug-likeness (QED) is 0.405. The molecule has 2 heterocycles. The molecule has 2 aromatic rings. The molecule has 0 saturated heterocycles. The first kappa shape index (κ1) is 28.7. The van der Waals surface area contributed by atoms with E-state index in [1.165, 1.54) is 10.6 Å². The zero-order valence-electron chi connectivity index (χ0n) is 23.6.